The average molecular weight is 402 g/mol. The van der Waals surface area contributed by atoms with Gasteiger partial charge in [0, 0.05) is 10.6 Å². The Bertz CT molecular complexity index is 916. The molecule has 140 valence electrons. The Kier molecular flexibility index (Phi) is 5.77. The standard InChI is InChI=1S/C20H20ClN3O2S/c1-20(2,3)14-6-10-16(11-7-14)26-12-17-23-24-19(27-17)22-18(25)13-4-8-15(21)9-5-13/h4-11H,12H2,1-3H3,(H,22,24,25). The SMILES string of the molecule is CC(C)(C)c1ccc(OCc2nnc(NC(=O)c3ccc(Cl)cc3)s2)cc1. The van der Waals surface area contributed by atoms with E-state index in [9.17, 15) is 4.79 Å². The molecule has 0 spiro atoms. The Hall–Kier alpha value is -2.44. The Morgan fingerprint density at radius 3 is 2.37 bits per heavy atom. The lowest BCUT2D eigenvalue weighted by Crippen LogP contribution is -2.11. The van der Waals surface area contributed by atoms with Gasteiger partial charge in [-0.3, -0.25) is 10.1 Å². The van der Waals surface area contributed by atoms with Crippen LogP contribution in [0.1, 0.15) is 41.7 Å². The van der Waals surface area contributed by atoms with Gasteiger partial charge in [-0.25, -0.2) is 0 Å². The van der Waals surface area contributed by atoms with E-state index in [1.54, 1.807) is 24.3 Å². The summed E-state index contributed by atoms with van der Waals surface area (Å²) in [6.45, 7) is 6.81. The molecule has 0 unspecified atom stereocenters. The Balaban J connectivity index is 1.56. The van der Waals surface area contributed by atoms with Crippen LogP contribution in [-0.4, -0.2) is 16.1 Å². The first kappa shape index (κ1) is 19.3. The zero-order chi connectivity index (χ0) is 19.4. The monoisotopic (exact) mass is 401 g/mol. The highest BCUT2D eigenvalue weighted by atomic mass is 35.5. The Morgan fingerprint density at radius 1 is 1.07 bits per heavy atom. The van der Waals surface area contributed by atoms with Crippen molar-refractivity contribution in [1.82, 2.24) is 10.2 Å². The smallest absolute Gasteiger partial charge is 0.257 e. The van der Waals surface area contributed by atoms with Crippen LogP contribution in [0.2, 0.25) is 5.02 Å². The van der Waals surface area contributed by atoms with Crippen molar-refractivity contribution in [1.29, 1.82) is 0 Å². The van der Waals surface area contributed by atoms with Gasteiger partial charge in [0.2, 0.25) is 5.13 Å². The van der Waals surface area contributed by atoms with E-state index in [-0.39, 0.29) is 11.3 Å². The van der Waals surface area contributed by atoms with Crippen molar-refractivity contribution in [3.8, 4) is 5.75 Å². The van der Waals surface area contributed by atoms with Crippen LogP contribution in [0.15, 0.2) is 48.5 Å². The van der Waals surface area contributed by atoms with Crippen LogP contribution in [0, 0.1) is 0 Å². The van der Waals surface area contributed by atoms with Crippen molar-refractivity contribution in [2.24, 2.45) is 0 Å². The number of ether oxygens (including phenoxy) is 1. The molecule has 0 aliphatic rings. The highest BCUT2D eigenvalue weighted by Crippen LogP contribution is 2.25. The van der Waals surface area contributed by atoms with Crippen LogP contribution in [0.25, 0.3) is 0 Å². The number of carbonyl (C=O) groups is 1. The predicted octanol–water partition coefficient (Wildman–Crippen LogP) is 5.32. The van der Waals surface area contributed by atoms with E-state index in [1.165, 1.54) is 16.9 Å². The summed E-state index contributed by atoms with van der Waals surface area (Å²) in [5.74, 6) is 0.512. The molecular weight excluding hydrogens is 382 g/mol. The maximum Gasteiger partial charge on any atom is 0.257 e. The fourth-order valence-electron chi connectivity index (χ4n) is 2.33. The molecule has 3 aromatic rings. The minimum atomic E-state index is -0.256. The lowest BCUT2D eigenvalue weighted by Gasteiger charge is -2.19. The number of nitrogens with one attached hydrogen (secondary N) is 1. The van der Waals surface area contributed by atoms with Gasteiger partial charge in [-0.1, -0.05) is 55.8 Å². The molecule has 1 amide bonds. The van der Waals surface area contributed by atoms with Crippen molar-refractivity contribution in [3.05, 3.63) is 69.7 Å². The number of hydrogen-bond acceptors (Lipinski definition) is 5. The number of carbonyl (C=O) groups excluding carboxylic acids is 1. The molecular formula is C20H20ClN3O2S. The van der Waals surface area contributed by atoms with E-state index < -0.39 is 0 Å². The summed E-state index contributed by atoms with van der Waals surface area (Å²) in [6, 6.07) is 14.7. The molecule has 0 radical (unpaired) electrons. The lowest BCUT2D eigenvalue weighted by atomic mass is 9.87. The molecule has 3 rings (SSSR count). The second-order valence-electron chi connectivity index (χ2n) is 7.03. The minimum Gasteiger partial charge on any atom is -0.486 e. The number of benzene rings is 2. The minimum absolute atomic E-state index is 0.106. The normalized spacial score (nSPS) is 11.3. The highest BCUT2D eigenvalue weighted by Gasteiger charge is 2.14. The molecule has 1 heterocycles. The van der Waals surface area contributed by atoms with Crippen LogP contribution in [0.5, 0.6) is 5.75 Å². The molecule has 5 nitrogen and oxygen atoms in total. The fraction of sp³-hybridized carbons (Fsp3) is 0.250. The predicted molar refractivity (Wildman–Crippen MR) is 109 cm³/mol. The maximum atomic E-state index is 12.2. The molecule has 0 aliphatic carbocycles. The van der Waals surface area contributed by atoms with Crippen LogP contribution < -0.4 is 10.1 Å². The zero-order valence-corrected chi connectivity index (χ0v) is 16.9. The van der Waals surface area contributed by atoms with Gasteiger partial charge in [0.1, 0.15) is 12.4 Å². The maximum absolute atomic E-state index is 12.2. The van der Waals surface area contributed by atoms with Gasteiger partial charge in [0.25, 0.3) is 5.91 Å². The number of rotatable bonds is 5. The molecule has 0 bridgehead atoms. The average Bonchev–Trinajstić information content (AvgIpc) is 3.07. The molecule has 2 aromatic carbocycles. The van der Waals surface area contributed by atoms with Crippen LogP contribution in [0.3, 0.4) is 0 Å². The molecule has 1 aromatic heterocycles. The summed E-state index contributed by atoms with van der Waals surface area (Å²) in [5.41, 5.74) is 1.86. The molecule has 0 atom stereocenters. The third-order valence-electron chi connectivity index (χ3n) is 3.88. The topological polar surface area (TPSA) is 64.1 Å². The summed E-state index contributed by atoms with van der Waals surface area (Å²) in [7, 11) is 0. The van der Waals surface area contributed by atoms with Crippen molar-refractivity contribution in [3.63, 3.8) is 0 Å². The van der Waals surface area contributed by atoms with Crippen molar-refractivity contribution in [2.75, 3.05) is 5.32 Å². The van der Waals surface area contributed by atoms with E-state index in [1.807, 2.05) is 12.1 Å². The summed E-state index contributed by atoms with van der Waals surface area (Å²) in [5, 5.41) is 12.5. The van der Waals surface area contributed by atoms with Crippen molar-refractivity contribution < 1.29 is 9.53 Å². The number of anilines is 1. The van der Waals surface area contributed by atoms with E-state index in [0.29, 0.717) is 27.3 Å². The van der Waals surface area contributed by atoms with Gasteiger partial charge in [-0.2, -0.15) is 0 Å². The Morgan fingerprint density at radius 2 is 1.74 bits per heavy atom. The van der Waals surface area contributed by atoms with Gasteiger partial charge < -0.3 is 4.74 Å². The first-order valence-electron chi connectivity index (χ1n) is 8.44. The van der Waals surface area contributed by atoms with E-state index >= 15 is 0 Å². The van der Waals surface area contributed by atoms with Gasteiger partial charge >= 0.3 is 0 Å². The van der Waals surface area contributed by atoms with Crippen LogP contribution in [0.4, 0.5) is 5.13 Å². The van der Waals surface area contributed by atoms with E-state index in [2.05, 4.69) is 48.4 Å². The largest absolute Gasteiger partial charge is 0.486 e. The third-order valence-corrected chi connectivity index (χ3v) is 4.94. The summed E-state index contributed by atoms with van der Waals surface area (Å²) < 4.78 is 5.76. The molecule has 0 saturated carbocycles. The first-order chi connectivity index (χ1) is 12.8. The fourth-order valence-corrected chi connectivity index (χ4v) is 3.10. The molecule has 0 saturated heterocycles. The molecule has 27 heavy (non-hydrogen) atoms. The summed E-state index contributed by atoms with van der Waals surface area (Å²) >= 11 is 7.11. The number of aromatic nitrogens is 2. The third kappa shape index (κ3) is 5.28. The number of hydrogen-bond donors (Lipinski definition) is 1. The quantitative estimate of drug-likeness (QED) is 0.628. The van der Waals surface area contributed by atoms with Gasteiger partial charge in [-0.15, -0.1) is 10.2 Å². The summed E-state index contributed by atoms with van der Waals surface area (Å²) in [6.07, 6.45) is 0. The van der Waals surface area contributed by atoms with Crippen LogP contribution in [-0.2, 0) is 12.0 Å². The van der Waals surface area contributed by atoms with Crippen molar-refractivity contribution in [2.45, 2.75) is 32.8 Å². The van der Waals surface area contributed by atoms with Gasteiger partial charge in [-0.05, 0) is 47.4 Å². The summed E-state index contributed by atoms with van der Waals surface area (Å²) in [4.78, 5) is 12.2. The number of amides is 1. The molecule has 0 fully saturated rings. The molecule has 7 heteroatoms. The second kappa shape index (κ2) is 8.06. The van der Waals surface area contributed by atoms with Gasteiger partial charge in [0.15, 0.2) is 5.01 Å². The highest BCUT2D eigenvalue weighted by molar-refractivity contribution is 7.15. The lowest BCUT2D eigenvalue weighted by molar-refractivity contribution is 0.102. The molecule has 1 N–H and O–H groups in total. The van der Waals surface area contributed by atoms with Crippen LogP contribution >= 0.6 is 22.9 Å². The molecule has 0 aliphatic heterocycles. The van der Waals surface area contributed by atoms with Gasteiger partial charge in [0.05, 0.1) is 0 Å². The zero-order valence-electron chi connectivity index (χ0n) is 15.3. The first-order valence-corrected chi connectivity index (χ1v) is 9.63. The van der Waals surface area contributed by atoms with E-state index in [0.717, 1.165) is 5.75 Å². The Labute approximate surface area is 167 Å². The van der Waals surface area contributed by atoms with Crippen molar-refractivity contribution >= 4 is 34.0 Å². The number of halogens is 1. The number of nitrogens with zero attached hydrogens (tertiary/aromatic N) is 2. The van der Waals surface area contributed by atoms with E-state index in [4.69, 9.17) is 16.3 Å². The second-order valence-corrected chi connectivity index (χ2v) is 8.52.